The van der Waals surface area contributed by atoms with Crippen LogP contribution >= 0.6 is 0 Å². The average molecular weight is 243 g/mol. The second-order valence-corrected chi connectivity index (χ2v) is 5.26. The number of amides is 2. The van der Waals surface area contributed by atoms with Crippen LogP contribution in [0.3, 0.4) is 0 Å². The largest absolute Gasteiger partial charge is 0.444 e. The van der Waals surface area contributed by atoms with Crippen LogP contribution in [0.2, 0.25) is 0 Å². The van der Waals surface area contributed by atoms with Crippen molar-refractivity contribution in [2.24, 2.45) is 5.84 Å². The summed E-state index contributed by atoms with van der Waals surface area (Å²) in [5.41, 5.74) is 1.47. The summed E-state index contributed by atoms with van der Waals surface area (Å²) in [5, 5.41) is 0. The Balaban J connectivity index is 2.62. The van der Waals surface area contributed by atoms with Crippen molar-refractivity contribution in [1.82, 2.24) is 10.3 Å². The molecule has 0 unspecified atom stereocenters. The topological polar surface area (TPSA) is 84.7 Å². The van der Waals surface area contributed by atoms with Crippen LogP contribution in [0, 0.1) is 0 Å². The van der Waals surface area contributed by atoms with E-state index in [2.05, 4.69) is 0 Å². The van der Waals surface area contributed by atoms with Gasteiger partial charge in [0.1, 0.15) is 12.1 Å². The van der Waals surface area contributed by atoms with Gasteiger partial charge in [-0.05, 0) is 40.0 Å². The monoisotopic (exact) mass is 243 g/mol. The molecular formula is C11H21N3O3. The van der Waals surface area contributed by atoms with E-state index in [-0.39, 0.29) is 18.5 Å². The van der Waals surface area contributed by atoms with Crippen LogP contribution in [-0.4, -0.2) is 35.1 Å². The van der Waals surface area contributed by atoms with Crippen molar-refractivity contribution in [1.29, 1.82) is 0 Å². The third kappa shape index (κ3) is 4.22. The molecule has 0 radical (unpaired) electrons. The Morgan fingerprint density at radius 2 is 2.00 bits per heavy atom. The predicted octanol–water partition coefficient (Wildman–Crippen LogP) is 0.766. The van der Waals surface area contributed by atoms with Crippen molar-refractivity contribution >= 4 is 12.0 Å². The molecule has 0 aromatic heterocycles. The molecule has 0 spiro atoms. The molecular weight excluding hydrogens is 222 g/mol. The van der Waals surface area contributed by atoms with Crippen molar-refractivity contribution in [2.45, 2.75) is 51.7 Å². The van der Waals surface area contributed by atoms with E-state index in [1.165, 1.54) is 4.90 Å². The summed E-state index contributed by atoms with van der Waals surface area (Å²) in [6.45, 7) is 5.35. The summed E-state index contributed by atoms with van der Waals surface area (Å²) in [6.07, 6.45) is 2.45. The van der Waals surface area contributed by atoms with E-state index in [9.17, 15) is 9.59 Å². The molecule has 0 aliphatic heterocycles. The molecule has 3 N–H and O–H groups in total. The number of nitrogens with two attached hydrogens (primary N) is 1. The number of rotatable bonds is 3. The quantitative estimate of drug-likeness (QED) is 0.435. The van der Waals surface area contributed by atoms with E-state index < -0.39 is 11.7 Å². The van der Waals surface area contributed by atoms with Gasteiger partial charge in [-0.1, -0.05) is 0 Å². The van der Waals surface area contributed by atoms with Gasteiger partial charge in [0.2, 0.25) is 0 Å². The maximum atomic E-state index is 11.9. The fourth-order valence-electron chi connectivity index (χ4n) is 1.56. The summed E-state index contributed by atoms with van der Waals surface area (Å²) in [4.78, 5) is 24.6. The van der Waals surface area contributed by atoms with Gasteiger partial charge in [-0.25, -0.2) is 10.6 Å². The molecule has 17 heavy (non-hydrogen) atoms. The highest BCUT2D eigenvalue weighted by atomic mass is 16.6. The zero-order chi connectivity index (χ0) is 13.1. The Bertz CT molecular complexity index is 295. The zero-order valence-corrected chi connectivity index (χ0v) is 10.7. The summed E-state index contributed by atoms with van der Waals surface area (Å²) >= 11 is 0. The van der Waals surface area contributed by atoms with Crippen molar-refractivity contribution in [3.63, 3.8) is 0 Å². The lowest BCUT2D eigenvalue weighted by Crippen LogP contribution is -2.51. The molecule has 1 aliphatic carbocycles. The molecule has 1 aliphatic rings. The molecule has 2 amide bonds. The summed E-state index contributed by atoms with van der Waals surface area (Å²) in [6, 6.07) is 0.0992. The Morgan fingerprint density at radius 3 is 2.35 bits per heavy atom. The molecule has 0 aromatic carbocycles. The van der Waals surface area contributed by atoms with Crippen molar-refractivity contribution in [3.8, 4) is 0 Å². The summed E-state index contributed by atoms with van der Waals surface area (Å²) < 4.78 is 5.27. The molecule has 1 fully saturated rings. The lowest BCUT2D eigenvalue weighted by atomic mass is 9.92. The highest BCUT2D eigenvalue weighted by Gasteiger charge is 2.33. The molecule has 0 aromatic rings. The van der Waals surface area contributed by atoms with Crippen molar-refractivity contribution in [3.05, 3.63) is 0 Å². The molecule has 0 saturated heterocycles. The average Bonchev–Trinajstić information content (AvgIpc) is 2.10. The van der Waals surface area contributed by atoms with Crippen LogP contribution in [0.1, 0.15) is 40.0 Å². The fourth-order valence-corrected chi connectivity index (χ4v) is 1.56. The number of carbonyl (C=O) groups is 2. The first kappa shape index (κ1) is 13.8. The minimum absolute atomic E-state index is 0.0456. The maximum absolute atomic E-state index is 11.9. The smallest absolute Gasteiger partial charge is 0.411 e. The van der Waals surface area contributed by atoms with Gasteiger partial charge in [0.05, 0.1) is 0 Å². The summed E-state index contributed by atoms with van der Waals surface area (Å²) in [5.74, 6) is 4.64. The molecule has 1 rings (SSSR count). The molecule has 0 atom stereocenters. The number of hydrazine groups is 1. The fraction of sp³-hybridized carbons (Fsp3) is 0.818. The number of nitrogens with one attached hydrogen (secondary N) is 1. The molecule has 6 nitrogen and oxygen atoms in total. The van der Waals surface area contributed by atoms with Crippen LogP contribution < -0.4 is 11.3 Å². The Kier molecular flexibility index (Phi) is 4.34. The van der Waals surface area contributed by atoms with Crippen molar-refractivity contribution in [2.75, 3.05) is 6.54 Å². The molecule has 0 heterocycles. The van der Waals surface area contributed by atoms with Gasteiger partial charge in [0, 0.05) is 6.04 Å². The van der Waals surface area contributed by atoms with Crippen LogP contribution in [-0.2, 0) is 9.53 Å². The van der Waals surface area contributed by atoms with E-state index >= 15 is 0 Å². The van der Waals surface area contributed by atoms with Gasteiger partial charge >= 0.3 is 6.09 Å². The molecule has 0 bridgehead atoms. The first-order valence-corrected chi connectivity index (χ1v) is 5.82. The van der Waals surface area contributed by atoms with E-state index in [1.807, 2.05) is 5.43 Å². The Labute approximate surface area is 101 Å². The van der Waals surface area contributed by atoms with Crippen LogP contribution in [0.25, 0.3) is 0 Å². The second kappa shape index (κ2) is 5.35. The minimum atomic E-state index is -0.557. The number of ether oxygens (including phenoxy) is 1. The number of carbonyl (C=O) groups excluding carboxylic acids is 2. The van der Waals surface area contributed by atoms with Gasteiger partial charge in [-0.15, -0.1) is 0 Å². The Morgan fingerprint density at radius 1 is 1.41 bits per heavy atom. The van der Waals surface area contributed by atoms with Gasteiger partial charge in [-0.2, -0.15) is 0 Å². The number of hydrogen-bond acceptors (Lipinski definition) is 4. The normalized spacial score (nSPS) is 16.0. The third-order valence-electron chi connectivity index (χ3n) is 2.62. The van der Waals surface area contributed by atoms with E-state index in [4.69, 9.17) is 10.6 Å². The van der Waals surface area contributed by atoms with Crippen molar-refractivity contribution < 1.29 is 14.3 Å². The predicted molar refractivity (Wildman–Crippen MR) is 62.9 cm³/mol. The number of nitrogens with zero attached hydrogens (tertiary/aromatic N) is 1. The van der Waals surface area contributed by atoms with Gasteiger partial charge in [0.25, 0.3) is 5.91 Å². The number of hydrogen-bond donors (Lipinski definition) is 2. The highest BCUT2D eigenvalue weighted by Crippen LogP contribution is 2.26. The molecule has 98 valence electrons. The van der Waals surface area contributed by atoms with Crippen LogP contribution in [0.4, 0.5) is 4.79 Å². The first-order chi connectivity index (χ1) is 7.83. The standard InChI is InChI=1S/C11H21N3O3/c1-11(2,3)17-10(16)14(7-9(15)13-12)8-5-4-6-8/h8H,4-7,12H2,1-3H3,(H,13,15). The maximum Gasteiger partial charge on any atom is 0.411 e. The van der Waals surface area contributed by atoms with Gasteiger partial charge in [-0.3, -0.25) is 15.1 Å². The van der Waals surface area contributed by atoms with E-state index in [1.54, 1.807) is 20.8 Å². The third-order valence-corrected chi connectivity index (χ3v) is 2.62. The van der Waals surface area contributed by atoms with E-state index in [0.29, 0.717) is 0 Å². The van der Waals surface area contributed by atoms with Gasteiger partial charge < -0.3 is 4.74 Å². The minimum Gasteiger partial charge on any atom is -0.444 e. The van der Waals surface area contributed by atoms with Crippen LogP contribution in [0.5, 0.6) is 0 Å². The molecule has 6 heteroatoms. The first-order valence-electron chi connectivity index (χ1n) is 5.82. The zero-order valence-electron chi connectivity index (χ0n) is 10.7. The van der Waals surface area contributed by atoms with Gasteiger partial charge in [0.15, 0.2) is 0 Å². The van der Waals surface area contributed by atoms with E-state index in [0.717, 1.165) is 19.3 Å². The van der Waals surface area contributed by atoms with Crippen LogP contribution in [0.15, 0.2) is 0 Å². The Hall–Kier alpha value is -1.30. The highest BCUT2D eigenvalue weighted by molar-refractivity contribution is 5.82. The second-order valence-electron chi connectivity index (χ2n) is 5.26. The lowest BCUT2D eigenvalue weighted by Gasteiger charge is -2.37. The summed E-state index contributed by atoms with van der Waals surface area (Å²) in [7, 11) is 0. The molecule has 1 saturated carbocycles. The lowest BCUT2D eigenvalue weighted by molar-refractivity contribution is -0.123. The SMILES string of the molecule is CC(C)(C)OC(=O)N(CC(=O)NN)C1CCC1.